The SMILES string of the molecule is CN(C)C1=NC(C2=CC=C(O)CC2)NC(N)=N1. The molecule has 2 rings (SSSR count). The number of guanidine groups is 2. The van der Waals surface area contributed by atoms with Gasteiger partial charge in [-0.1, -0.05) is 6.08 Å². The van der Waals surface area contributed by atoms with Gasteiger partial charge in [-0.2, -0.15) is 4.99 Å². The number of aliphatic hydroxyl groups excluding tert-OH is 1. The molecule has 0 saturated heterocycles. The summed E-state index contributed by atoms with van der Waals surface area (Å²) in [7, 11) is 3.75. The van der Waals surface area contributed by atoms with Gasteiger partial charge in [-0.15, -0.1) is 0 Å². The fraction of sp³-hybridized carbons (Fsp3) is 0.455. The Morgan fingerprint density at radius 2 is 2.18 bits per heavy atom. The van der Waals surface area contributed by atoms with Crippen molar-refractivity contribution in [3.8, 4) is 0 Å². The van der Waals surface area contributed by atoms with Gasteiger partial charge in [0.05, 0.1) is 5.76 Å². The van der Waals surface area contributed by atoms with Crippen LogP contribution in [0.25, 0.3) is 0 Å². The van der Waals surface area contributed by atoms with Crippen LogP contribution in [0.5, 0.6) is 0 Å². The van der Waals surface area contributed by atoms with E-state index in [9.17, 15) is 5.11 Å². The third-order valence-corrected chi connectivity index (χ3v) is 2.66. The average molecular weight is 235 g/mol. The van der Waals surface area contributed by atoms with Crippen molar-refractivity contribution in [3.05, 3.63) is 23.5 Å². The Labute approximate surface area is 100 Å². The summed E-state index contributed by atoms with van der Waals surface area (Å²) in [5.74, 6) is 1.38. The molecule has 0 bridgehead atoms. The lowest BCUT2D eigenvalue weighted by molar-refractivity contribution is 0.383. The van der Waals surface area contributed by atoms with Gasteiger partial charge in [-0.25, -0.2) is 4.99 Å². The molecule has 1 aliphatic carbocycles. The van der Waals surface area contributed by atoms with Crippen molar-refractivity contribution in [2.75, 3.05) is 14.1 Å². The van der Waals surface area contributed by atoms with E-state index in [4.69, 9.17) is 5.73 Å². The zero-order valence-electron chi connectivity index (χ0n) is 10.0. The minimum atomic E-state index is -0.186. The summed E-state index contributed by atoms with van der Waals surface area (Å²) in [6.45, 7) is 0. The molecule has 0 saturated carbocycles. The molecule has 0 spiro atoms. The molecular weight excluding hydrogens is 218 g/mol. The number of rotatable bonds is 1. The van der Waals surface area contributed by atoms with Crippen LogP contribution in [0, 0.1) is 0 Å². The molecule has 4 N–H and O–H groups in total. The van der Waals surface area contributed by atoms with E-state index in [1.165, 1.54) is 0 Å². The van der Waals surface area contributed by atoms with E-state index >= 15 is 0 Å². The Balaban J connectivity index is 2.21. The lowest BCUT2D eigenvalue weighted by atomic mass is 10.0. The molecule has 0 radical (unpaired) electrons. The molecule has 1 heterocycles. The number of allylic oxidation sites excluding steroid dienone is 3. The van der Waals surface area contributed by atoms with Crippen LogP contribution < -0.4 is 11.1 Å². The van der Waals surface area contributed by atoms with Gasteiger partial charge in [0.25, 0.3) is 0 Å². The number of aliphatic hydroxyl groups is 1. The molecule has 1 atom stereocenters. The number of nitrogens with one attached hydrogen (secondary N) is 1. The Morgan fingerprint density at radius 1 is 1.41 bits per heavy atom. The molecular formula is C11H17N5O. The number of nitrogens with zero attached hydrogens (tertiary/aromatic N) is 3. The van der Waals surface area contributed by atoms with E-state index in [0.29, 0.717) is 24.1 Å². The molecule has 0 amide bonds. The predicted octanol–water partition coefficient (Wildman–Crippen LogP) is 0.310. The van der Waals surface area contributed by atoms with E-state index in [2.05, 4.69) is 15.3 Å². The van der Waals surface area contributed by atoms with Crippen LogP contribution in [0.15, 0.2) is 33.5 Å². The highest BCUT2D eigenvalue weighted by molar-refractivity contribution is 5.96. The fourth-order valence-corrected chi connectivity index (χ4v) is 1.72. The molecule has 17 heavy (non-hydrogen) atoms. The third-order valence-electron chi connectivity index (χ3n) is 2.66. The summed E-state index contributed by atoms with van der Waals surface area (Å²) in [5, 5.41) is 12.3. The van der Waals surface area contributed by atoms with Gasteiger partial charge in [0.2, 0.25) is 5.96 Å². The van der Waals surface area contributed by atoms with E-state index in [0.717, 1.165) is 12.0 Å². The Morgan fingerprint density at radius 3 is 2.76 bits per heavy atom. The highest BCUT2D eigenvalue weighted by Crippen LogP contribution is 2.21. The summed E-state index contributed by atoms with van der Waals surface area (Å²) in [6.07, 6.45) is 4.82. The van der Waals surface area contributed by atoms with Crippen LogP contribution in [0.3, 0.4) is 0 Å². The molecule has 6 heteroatoms. The van der Waals surface area contributed by atoms with Crippen molar-refractivity contribution in [1.82, 2.24) is 10.2 Å². The first-order chi connectivity index (χ1) is 8.06. The van der Waals surface area contributed by atoms with Crippen molar-refractivity contribution in [2.45, 2.75) is 19.0 Å². The summed E-state index contributed by atoms with van der Waals surface area (Å²) in [6, 6.07) is 0. The molecule has 1 unspecified atom stereocenters. The maximum atomic E-state index is 9.32. The topological polar surface area (TPSA) is 86.2 Å². The van der Waals surface area contributed by atoms with E-state index in [-0.39, 0.29) is 6.17 Å². The van der Waals surface area contributed by atoms with Crippen LogP contribution in [0.4, 0.5) is 0 Å². The number of nitrogens with two attached hydrogens (primary N) is 1. The van der Waals surface area contributed by atoms with Gasteiger partial charge < -0.3 is 21.1 Å². The lowest BCUT2D eigenvalue weighted by Crippen LogP contribution is -2.46. The maximum Gasteiger partial charge on any atom is 0.225 e. The van der Waals surface area contributed by atoms with Crippen molar-refractivity contribution < 1.29 is 5.11 Å². The average Bonchev–Trinajstić information content (AvgIpc) is 2.29. The first-order valence-corrected chi connectivity index (χ1v) is 5.50. The van der Waals surface area contributed by atoms with Gasteiger partial charge in [0.1, 0.15) is 6.17 Å². The Kier molecular flexibility index (Phi) is 3.03. The largest absolute Gasteiger partial charge is 0.512 e. The number of hydrogen-bond donors (Lipinski definition) is 3. The van der Waals surface area contributed by atoms with Gasteiger partial charge in [0, 0.05) is 20.5 Å². The molecule has 0 aromatic rings. The molecule has 0 fully saturated rings. The molecule has 1 aliphatic heterocycles. The summed E-state index contributed by atoms with van der Waals surface area (Å²) >= 11 is 0. The lowest BCUT2D eigenvalue weighted by Gasteiger charge is -2.26. The fourth-order valence-electron chi connectivity index (χ4n) is 1.72. The second-order valence-corrected chi connectivity index (χ2v) is 4.27. The summed E-state index contributed by atoms with van der Waals surface area (Å²) in [4.78, 5) is 10.4. The monoisotopic (exact) mass is 235 g/mol. The molecule has 0 aromatic carbocycles. The Hall–Kier alpha value is -1.98. The second kappa shape index (κ2) is 4.48. The zero-order chi connectivity index (χ0) is 12.4. The van der Waals surface area contributed by atoms with Crippen LogP contribution >= 0.6 is 0 Å². The zero-order valence-corrected chi connectivity index (χ0v) is 10.0. The van der Waals surface area contributed by atoms with Gasteiger partial charge in [-0.05, 0) is 18.1 Å². The maximum absolute atomic E-state index is 9.32. The normalized spacial score (nSPS) is 24.0. The minimum Gasteiger partial charge on any atom is -0.512 e. The molecule has 92 valence electrons. The smallest absolute Gasteiger partial charge is 0.225 e. The summed E-state index contributed by atoms with van der Waals surface area (Å²) in [5.41, 5.74) is 6.82. The minimum absolute atomic E-state index is 0.186. The van der Waals surface area contributed by atoms with Crippen molar-refractivity contribution in [3.63, 3.8) is 0 Å². The van der Waals surface area contributed by atoms with Gasteiger partial charge in [-0.3, -0.25) is 0 Å². The predicted molar refractivity (Wildman–Crippen MR) is 67.7 cm³/mol. The van der Waals surface area contributed by atoms with E-state index in [1.807, 2.05) is 25.1 Å². The first kappa shape index (κ1) is 11.5. The van der Waals surface area contributed by atoms with Crippen molar-refractivity contribution >= 4 is 11.9 Å². The Bertz CT molecular complexity index is 433. The van der Waals surface area contributed by atoms with Crippen LogP contribution in [-0.2, 0) is 0 Å². The summed E-state index contributed by atoms with van der Waals surface area (Å²) < 4.78 is 0. The first-order valence-electron chi connectivity index (χ1n) is 5.50. The number of aliphatic imine (C=N–C) groups is 2. The van der Waals surface area contributed by atoms with E-state index < -0.39 is 0 Å². The number of hydrogen-bond acceptors (Lipinski definition) is 6. The quantitative estimate of drug-likeness (QED) is 0.610. The van der Waals surface area contributed by atoms with Gasteiger partial charge >= 0.3 is 0 Å². The van der Waals surface area contributed by atoms with E-state index in [1.54, 1.807) is 6.08 Å². The van der Waals surface area contributed by atoms with Gasteiger partial charge in [0.15, 0.2) is 5.96 Å². The van der Waals surface area contributed by atoms with Crippen LogP contribution in [-0.4, -0.2) is 42.2 Å². The van der Waals surface area contributed by atoms with Crippen LogP contribution in [0.1, 0.15) is 12.8 Å². The standard InChI is InChI=1S/C11H17N5O/c1-16(2)11-14-9(13-10(12)15-11)7-3-5-8(17)6-4-7/h3,5,9,17H,4,6H2,1-2H3,(H3,12,13,14,15). The van der Waals surface area contributed by atoms with Crippen molar-refractivity contribution in [1.29, 1.82) is 0 Å². The van der Waals surface area contributed by atoms with Crippen molar-refractivity contribution in [2.24, 2.45) is 15.7 Å². The molecule has 2 aliphatic rings. The highest BCUT2D eigenvalue weighted by Gasteiger charge is 2.21. The van der Waals surface area contributed by atoms with Crippen LogP contribution in [0.2, 0.25) is 0 Å². The molecule has 0 aromatic heterocycles. The second-order valence-electron chi connectivity index (χ2n) is 4.27. The molecule has 6 nitrogen and oxygen atoms in total. The highest BCUT2D eigenvalue weighted by atomic mass is 16.3. The third kappa shape index (κ3) is 2.58.